The molecular weight excluding hydrogens is 424 g/mol. The third-order valence-electron chi connectivity index (χ3n) is 6.38. The van der Waals surface area contributed by atoms with Crippen molar-refractivity contribution in [1.29, 1.82) is 0 Å². The Bertz CT molecular complexity index is 1090. The number of hydrogen-bond donors (Lipinski definition) is 0. The van der Waals surface area contributed by atoms with Crippen LogP contribution in [0.1, 0.15) is 95.9 Å². The minimum absolute atomic E-state index is 0.723. The van der Waals surface area contributed by atoms with Gasteiger partial charge < -0.3 is 0 Å². The first kappa shape index (κ1) is 28.3. The molecule has 2 aromatic carbocycles. The Morgan fingerprint density at radius 2 is 1.29 bits per heavy atom. The standard InChI is InChI=1S/C33H44N2/c1-7-13-14-15-16-17-19-33(35-31-23-21-27(10-4)29(12-6)25-31)32(18-8-2)34-30-22-20-26(9-3)28(11-5)24-30/h17,19-25H,7,9-16H2,1-6H3. The van der Waals surface area contributed by atoms with Crippen molar-refractivity contribution in [3.05, 3.63) is 70.8 Å². The van der Waals surface area contributed by atoms with E-state index in [4.69, 9.17) is 9.98 Å². The first-order chi connectivity index (χ1) is 17.1. The number of aliphatic imine (C=N–C) groups is 2. The Morgan fingerprint density at radius 3 is 1.80 bits per heavy atom. The predicted molar refractivity (Wildman–Crippen MR) is 156 cm³/mol. The lowest BCUT2D eigenvalue weighted by Gasteiger charge is -2.09. The summed E-state index contributed by atoms with van der Waals surface area (Å²) in [6, 6.07) is 13.1. The molecule has 0 N–H and O–H groups in total. The first-order valence-corrected chi connectivity index (χ1v) is 13.6. The molecule has 0 spiro atoms. The molecule has 0 heterocycles. The van der Waals surface area contributed by atoms with Crippen LogP contribution in [0.25, 0.3) is 0 Å². The summed E-state index contributed by atoms with van der Waals surface area (Å²) in [6.07, 6.45) is 14.5. The molecule has 0 fully saturated rings. The van der Waals surface area contributed by atoms with E-state index >= 15 is 0 Å². The normalized spacial score (nSPS) is 12.2. The lowest BCUT2D eigenvalue weighted by atomic mass is 10.0. The molecule has 2 aromatic rings. The lowest BCUT2D eigenvalue weighted by molar-refractivity contribution is 0.674. The van der Waals surface area contributed by atoms with E-state index < -0.39 is 0 Å². The molecule has 0 saturated carbocycles. The maximum Gasteiger partial charge on any atom is 0.139 e. The van der Waals surface area contributed by atoms with Crippen LogP contribution in [-0.4, -0.2) is 11.4 Å². The van der Waals surface area contributed by atoms with Gasteiger partial charge in [-0.1, -0.05) is 78.0 Å². The molecule has 0 amide bonds. The summed E-state index contributed by atoms with van der Waals surface area (Å²) in [5.41, 5.74) is 8.95. The van der Waals surface area contributed by atoms with Crippen LogP contribution in [-0.2, 0) is 25.7 Å². The van der Waals surface area contributed by atoms with Gasteiger partial charge in [0.15, 0.2) is 0 Å². The van der Waals surface area contributed by atoms with Gasteiger partial charge in [0, 0.05) is 0 Å². The van der Waals surface area contributed by atoms with Gasteiger partial charge in [0.05, 0.1) is 17.1 Å². The van der Waals surface area contributed by atoms with Gasteiger partial charge in [-0.15, -0.1) is 0 Å². The number of rotatable bonds is 13. The van der Waals surface area contributed by atoms with Crippen molar-refractivity contribution in [2.24, 2.45) is 9.98 Å². The van der Waals surface area contributed by atoms with E-state index in [0.29, 0.717) is 0 Å². The van der Waals surface area contributed by atoms with Crippen molar-refractivity contribution in [1.82, 2.24) is 0 Å². The number of aryl methyl sites for hydroxylation is 4. The minimum Gasteiger partial charge on any atom is -0.246 e. The van der Waals surface area contributed by atoms with E-state index in [1.807, 2.05) is 6.92 Å². The third kappa shape index (κ3) is 8.99. The minimum atomic E-state index is 0.723. The molecule has 35 heavy (non-hydrogen) atoms. The number of unbranched alkanes of at least 4 members (excludes halogenated alkanes) is 4. The van der Waals surface area contributed by atoms with Crippen LogP contribution >= 0.6 is 0 Å². The summed E-state index contributed by atoms with van der Waals surface area (Å²) in [5, 5.41) is 0. The number of allylic oxidation sites excluding steroid dienone is 2. The lowest BCUT2D eigenvalue weighted by Crippen LogP contribution is -2.09. The quantitative estimate of drug-likeness (QED) is 0.159. The topological polar surface area (TPSA) is 24.7 Å². The zero-order valence-electron chi connectivity index (χ0n) is 22.9. The van der Waals surface area contributed by atoms with Gasteiger partial charge in [0.2, 0.25) is 0 Å². The highest BCUT2D eigenvalue weighted by Gasteiger charge is 2.08. The van der Waals surface area contributed by atoms with Crippen LogP contribution in [0.5, 0.6) is 0 Å². The second-order valence-electron chi connectivity index (χ2n) is 8.90. The third-order valence-corrected chi connectivity index (χ3v) is 6.38. The van der Waals surface area contributed by atoms with Crippen LogP contribution in [0.15, 0.2) is 58.5 Å². The van der Waals surface area contributed by atoms with Crippen molar-refractivity contribution in [2.75, 3.05) is 0 Å². The van der Waals surface area contributed by atoms with Gasteiger partial charge in [-0.05, 0) is 104 Å². The summed E-state index contributed by atoms with van der Waals surface area (Å²) >= 11 is 0. The van der Waals surface area contributed by atoms with E-state index in [2.05, 4.69) is 95.0 Å². The molecule has 0 aromatic heterocycles. The van der Waals surface area contributed by atoms with Gasteiger partial charge in [0.25, 0.3) is 0 Å². The summed E-state index contributed by atoms with van der Waals surface area (Å²) in [5.74, 6) is 6.32. The summed E-state index contributed by atoms with van der Waals surface area (Å²) in [6.45, 7) is 12.9. The number of benzene rings is 2. The van der Waals surface area contributed by atoms with Crippen molar-refractivity contribution in [2.45, 2.75) is 99.3 Å². The summed E-state index contributed by atoms with van der Waals surface area (Å²) in [4.78, 5) is 10.1. The van der Waals surface area contributed by atoms with Gasteiger partial charge in [-0.25, -0.2) is 9.98 Å². The largest absolute Gasteiger partial charge is 0.246 e. The highest BCUT2D eigenvalue weighted by Crippen LogP contribution is 2.23. The van der Waals surface area contributed by atoms with Crippen LogP contribution < -0.4 is 0 Å². The van der Waals surface area contributed by atoms with Crippen molar-refractivity contribution >= 4 is 22.8 Å². The zero-order chi connectivity index (χ0) is 25.5. The van der Waals surface area contributed by atoms with Crippen molar-refractivity contribution in [3.63, 3.8) is 0 Å². The Kier molecular flexibility index (Phi) is 12.8. The van der Waals surface area contributed by atoms with E-state index in [-0.39, 0.29) is 0 Å². The fraction of sp³-hybridized carbons (Fsp3) is 0.455. The monoisotopic (exact) mass is 468 g/mol. The van der Waals surface area contributed by atoms with E-state index in [0.717, 1.165) is 54.9 Å². The Balaban J connectivity index is 2.52. The highest BCUT2D eigenvalue weighted by molar-refractivity contribution is 6.53. The second-order valence-corrected chi connectivity index (χ2v) is 8.90. The van der Waals surface area contributed by atoms with Crippen LogP contribution in [0.2, 0.25) is 0 Å². The molecule has 0 atom stereocenters. The zero-order valence-corrected chi connectivity index (χ0v) is 22.9. The molecule has 2 rings (SSSR count). The Labute approximate surface area is 214 Å². The molecule has 0 aliphatic rings. The van der Waals surface area contributed by atoms with Gasteiger partial charge in [0.1, 0.15) is 5.71 Å². The fourth-order valence-corrected chi connectivity index (χ4v) is 4.30. The van der Waals surface area contributed by atoms with E-state index in [1.54, 1.807) is 0 Å². The molecular formula is C33H44N2. The van der Waals surface area contributed by atoms with E-state index in [1.165, 1.54) is 47.9 Å². The van der Waals surface area contributed by atoms with Crippen molar-refractivity contribution in [3.8, 4) is 11.8 Å². The molecule has 0 bridgehead atoms. The number of nitrogens with zero attached hydrogens (tertiary/aromatic N) is 2. The smallest absolute Gasteiger partial charge is 0.139 e. The maximum atomic E-state index is 5.06. The van der Waals surface area contributed by atoms with Crippen LogP contribution in [0, 0.1) is 11.8 Å². The van der Waals surface area contributed by atoms with Crippen LogP contribution in [0.4, 0.5) is 11.4 Å². The molecule has 2 nitrogen and oxygen atoms in total. The van der Waals surface area contributed by atoms with Gasteiger partial charge in [-0.3, -0.25) is 0 Å². The number of hydrogen-bond acceptors (Lipinski definition) is 2. The molecule has 2 heteroatoms. The summed E-state index contributed by atoms with van der Waals surface area (Å²) < 4.78 is 0. The molecule has 0 saturated heterocycles. The predicted octanol–water partition coefficient (Wildman–Crippen LogP) is 9.33. The summed E-state index contributed by atoms with van der Waals surface area (Å²) in [7, 11) is 0. The average Bonchev–Trinajstić information content (AvgIpc) is 2.89. The highest BCUT2D eigenvalue weighted by atomic mass is 14.8. The molecule has 0 radical (unpaired) electrons. The maximum absolute atomic E-state index is 5.06. The average molecular weight is 469 g/mol. The van der Waals surface area contributed by atoms with Crippen LogP contribution in [0.3, 0.4) is 0 Å². The SMILES string of the molecule is CC#CC(=Nc1ccc(CC)c(CC)c1)C(C=CCCCCCC)=Nc1ccc(CC)c(CC)c1. The Hall–Kier alpha value is -2.92. The van der Waals surface area contributed by atoms with Gasteiger partial charge >= 0.3 is 0 Å². The molecule has 186 valence electrons. The molecule has 0 aliphatic carbocycles. The first-order valence-electron chi connectivity index (χ1n) is 13.6. The second kappa shape index (κ2) is 15.9. The van der Waals surface area contributed by atoms with E-state index in [9.17, 15) is 0 Å². The Morgan fingerprint density at radius 1 is 0.714 bits per heavy atom. The molecule has 0 aliphatic heterocycles. The fourth-order valence-electron chi connectivity index (χ4n) is 4.30. The van der Waals surface area contributed by atoms with Crippen molar-refractivity contribution < 1.29 is 0 Å². The van der Waals surface area contributed by atoms with Gasteiger partial charge in [-0.2, -0.15) is 0 Å². The molecule has 0 unspecified atom stereocenters.